The van der Waals surface area contributed by atoms with Gasteiger partial charge in [0.2, 0.25) is 0 Å². The zero-order valence-corrected chi connectivity index (χ0v) is 14.2. The summed E-state index contributed by atoms with van der Waals surface area (Å²) in [7, 11) is 0. The molecule has 0 unspecified atom stereocenters. The minimum atomic E-state index is -0.682. The maximum atomic E-state index is 10.7. The van der Waals surface area contributed by atoms with Gasteiger partial charge in [-0.3, -0.25) is 9.69 Å². The summed E-state index contributed by atoms with van der Waals surface area (Å²) >= 11 is 0. The molecule has 0 aromatic rings. The van der Waals surface area contributed by atoms with Crippen LogP contribution in [0.5, 0.6) is 0 Å². The molecule has 1 saturated carbocycles. The summed E-state index contributed by atoms with van der Waals surface area (Å²) in [5.41, 5.74) is 0.763. The van der Waals surface area contributed by atoms with E-state index >= 15 is 0 Å². The largest absolute Gasteiger partial charge is 0.481 e. The van der Waals surface area contributed by atoms with Gasteiger partial charge < -0.3 is 5.11 Å². The number of hydrogen-bond acceptors (Lipinski definition) is 2. The van der Waals surface area contributed by atoms with E-state index in [0.717, 1.165) is 13.0 Å². The molecular formula is C17H33NO2. The molecule has 0 aromatic carbocycles. The predicted octanol–water partition coefficient (Wildman–Crippen LogP) is 4.17. The number of nitrogens with zero attached hydrogens (tertiary/aromatic N) is 1. The van der Waals surface area contributed by atoms with Crippen LogP contribution in [0.4, 0.5) is 0 Å². The minimum absolute atomic E-state index is 0.280. The van der Waals surface area contributed by atoms with E-state index in [9.17, 15) is 4.79 Å². The lowest BCUT2D eigenvalue weighted by Gasteiger charge is -2.49. The molecule has 0 atom stereocenters. The lowest BCUT2D eigenvalue weighted by atomic mass is 9.63. The number of aliphatic carboxylic acids is 1. The van der Waals surface area contributed by atoms with Crippen LogP contribution >= 0.6 is 0 Å². The van der Waals surface area contributed by atoms with Gasteiger partial charge >= 0.3 is 5.97 Å². The molecule has 3 nitrogen and oxygen atoms in total. The molecule has 0 aliphatic heterocycles. The quantitative estimate of drug-likeness (QED) is 0.795. The Morgan fingerprint density at radius 3 is 2.10 bits per heavy atom. The van der Waals surface area contributed by atoms with E-state index in [0.29, 0.717) is 22.9 Å². The van der Waals surface area contributed by atoms with Crippen molar-refractivity contribution in [3.05, 3.63) is 0 Å². The highest BCUT2D eigenvalue weighted by atomic mass is 16.4. The van der Waals surface area contributed by atoms with Crippen LogP contribution in [0.3, 0.4) is 0 Å². The molecule has 118 valence electrons. The fourth-order valence-corrected chi connectivity index (χ4v) is 4.30. The fraction of sp³-hybridized carbons (Fsp3) is 0.941. The van der Waals surface area contributed by atoms with E-state index in [2.05, 4.69) is 46.4 Å². The van der Waals surface area contributed by atoms with Crippen molar-refractivity contribution in [1.29, 1.82) is 0 Å². The van der Waals surface area contributed by atoms with Gasteiger partial charge in [0.05, 0.1) is 0 Å². The zero-order chi connectivity index (χ0) is 15.6. The first-order chi connectivity index (χ1) is 9.02. The smallest absolute Gasteiger partial charge is 0.303 e. The van der Waals surface area contributed by atoms with Crippen molar-refractivity contribution in [1.82, 2.24) is 4.90 Å². The Morgan fingerprint density at radius 2 is 1.70 bits per heavy atom. The van der Waals surface area contributed by atoms with Crippen molar-refractivity contribution >= 4 is 5.97 Å². The first kappa shape index (κ1) is 17.5. The molecule has 0 amide bonds. The third-order valence-corrected chi connectivity index (χ3v) is 4.47. The highest BCUT2D eigenvalue weighted by Crippen LogP contribution is 2.47. The molecule has 0 heterocycles. The maximum absolute atomic E-state index is 10.7. The van der Waals surface area contributed by atoms with Gasteiger partial charge in [0.15, 0.2) is 0 Å². The lowest BCUT2D eigenvalue weighted by Crippen LogP contribution is -2.49. The van der Waals surface area contributed by atoms with Crippen LogP contribution in [0.25, 0.3) is 0 Å². The minimum Gasteiger partial charge on any atom is -0.481 e. The van der Waals surface area contributed by atoms with Crippen molar-refractivity contribution in [3.63, 3.8) is 0 Å². The molecule has 1 rings (SSSR count). The predicted molar refractivity (Wildman–Crippen MR) is 83.9 cm³/mol. The second-order valence-electron chi connectivity index (χ2n) is 8.40. The average Bonchev–Trinajstić information content (AvgIpc) is 2.18. The highest BCUT2D eigenvalue weighted by Gasteiger charge is 2.40. The van der Waals surface area contributed by atoms with E-state index in [1.54, 1.807) is 0 Å². The van der Waals surface area contributed by atoms with Gasteiger partial charge in [0.1, 0.15) is 0 Å². The molecule has 0 radical (unpaired) electrons. The standard InChI is InChI=1S/C17H33NO2/c1-13(2)18(9-7-8-15(19)20)14-10-16(3,4)12-17(5,6)11-14/h13-14H,7-12H2,1-6H3,(H,19,20). The second-order valence-corrected chi connectivity index (χ2v) is 8.40. The summed E-state index contributed by atoms with van der Waals surface area (Å²) in [5.74, 6) is -0.682. The second kappa shape index (κ2) is 6.46. The van der Waals surface area contributed by atoms with Gasteiger partial charge in [-0.1, -0.05) is 27.7 Å². The van der Waals surface area contributed by atoms with Gasteiger partial charge in [0, 0.05) is 18.5 Å². The summed E-state index contributed by atoms with van der Waals surface area (Å²) in [6, 6.07) is 1.07. The zero-order valence-electron chi connectivity index (χ0n) is 14.2. The summed E-state index contributed by atoms with van der Waals surface area (Å²) < 4.78 is 0. The molecular weight excluding hydrogens is 250 g/mol. The summed E-state index contributed by atoms with van der Waals surface area (Å²) in [6.45, 7) is 14.9. The molecule has 1 aliphatic carbocycles. The average molecular weight is 283 g/mol. The number of carbonyl (C=O) groups is 1. The molecule has 0 saturated heterocycles. The Hall–Kier alpha value is -0.570. The van der Waals surface area contributed by atoms with Gasteiger partial charge in [-0.05, 0) is 56.9 Å². The molecule has 1 N–H and O–H groups in total. The first-order valence-electron chi connectivity index (χ1n) is 8.00. The normalized spacial score (nSPS) is 22.4. The number of carboxylic acids is 1. The first-order valence-corrected chi connectivity index (χ1v) is 8.00. The third kappa shape index (κ3) is 5.43. The van der Waals surface area contributed by atoms with Crippen molar-refractivity contribution in [2.75, 3.05) is 6.54 Å². The van der Waals surface area contributed by atoms with Gasteiger partial charge in [-0.25, -0.2) is 0 Å². The highest BCUT2D eigenvalue weighted by molar-refractivity contribution is 5.66. The van der Waals surface area contributed by atoms with Crippen LogP contribution in [0, 0.1) is 10.8 Å². The molecule has 1 aliphatic rings. The van der Waals surface area contributed by atoms with Crippen LogP contribution < -0.4 is 0 Å². The van der Waals surface area contributed by atoms with Crippen LogP contribution in [0.1, 0.15) is 73.6 Å². The van der Waals surface area contributed by atoms with Gasteiger partial charge in [-0.15, -0.1) is 0 Å². The van der Waals surface area contributed by atoms with E-state index in [1.807, 2.05) is 0 Å². The SMILES string of the molecule is CC(C)N(CCCC(=O)O)C1CC(C)(C)CC(C)(C)C1. The van der Waals surface area contributed by atoms with Gasteiger partial charge in [0.25, 0.3) is 0 Å². The third-order valence-electron chi connectivity index (χ3n) is 4.47. The Bertz CT molecular complexity index is 318. The lowest BCUT2D eigenvalue weighted by molar-refractivity contribution is -0.137. The van der Waals surface area contributed by atoms with Crippen molar-refractivity contribution in [3.8, 4) is 0 Å². The maximum Gasteiger partial charge on any atom is 0.303 e. The van der Waals surface area contributed by atoms with Crippen LogP contribution in [0.15, 0.2) is 0 Å². The van der Waals surface area contributed by atoms with E-state index < -0.39 is 5.97 Å². The monoisotopic (exact) mass is 283 g/mol. The van der Waals surface area contributed by atoms with Crippen LogP contribution in [-0.2, 0) is 4.79 Å². The van der Waals surface area contributed by atoms with E-state index in [4.69, 9.17) is 5.11 Å². The van der Waals surface area contributed by atoms with E-state index in [1.165, 1.54) is 19.3 Å². The van der Waals surface area contributed by atoms with Crippen molar-refractivity contribution in [2.45, 2.75) is 85.7 Å². The molecule has 0 aromatic heterocycles. The summed E-state index contributed by atoms with van der Waals surface area (Å²) in [4.78, 5) is 13.2. The van der Waals surface area contributed by atoms with Crippen LogP contribution in [-0.4, -0.2) is 34.6 Å². The molecule has 0 spiro atoms. The van der Waals surface area contributed by atoms with Crippen molar-refractivity contribution in [2.24, 2.45) is 10.8 Å². The number of rotatable bonds is 6. The summed E-state index contributed by atoms with van der Waals surface area (Å²) in [5, 5.41) is 8.82. The fourth-order valence-electron chi connectivity index (χ4n) is 4.30. The number of hydrogen-bond donors (Lipinski definition) is 1. The number of carboxylic acid groups (broad SMARTS) is 1. The van der Waals surface area contributed by atoms with Crippen LogP contribution in [0.2, 0.25) is 0 Å². The topological polar surface area (TPSA) is 40.5 Å². The Balaban J connectivity index is 2.72. The van der Waals surface area contributed by atoms with E-state index in [-0.39, 0.29) is 6.42 Å². The molecule has 20 heavy (non-hydrogen) atoms. The Labute approximate surface area is 124 Å². The van der Waals surface area contributed by atoms with Gasteiger partial charge in [-0.2, -0.15) is 0 Å². The molecule has 3 heteroatoms. The Morgan fingerprint density at radius 1 is 1.20 bits per heavy atom. The summed E-state index contributed by atoms with van der Waals surface area (Å²) in [6.07, 6.45) is 4.76. The molecule has 1 fully saturated rings. The molecule has 0 bridgehead atoms. The Kier molecular flexibility index (Phi) is 5.65. The van der Waals surface area contributed by atoms with Crippen molar-refractivity contribution < 1.29 is 9.90 Å².